The highest BCUT2D eigenvalue weighted by Gasteiger charge is 2.07. The Morgan fingerprint density at radius 2 is 2.00 bits per heavy atom. The number of rotatable bonds is 4. The van der Waals surface area contributed by atoms with Gasteiger partial charge in [-0.3, -0.25) is 4.79 Å². The van der Waals surface area contributed by atoms with Crippen molar-refractivity contribution in [1.29, 1.82) is 5.26 Å². The number of primary amides is 1. The first-order chi connectivity index (χ1) is 9.60. The molecular weight excluding hydrogens is 250 g/mol. The smallest absolute Gasteiger partial charge is 0.248 e. The van der Waals surface area contributed by atoms with Crippen LogP contribution in [0.1, 0.15) is 34.5 Å². The molecule has 0 aliphatic carbocycles. The predicted molar refractivity (Wildman–Crippen MR) is 78.2 cm³/mol. The Morgan fingerprint density at radius 3 is 2.70 bits per heavy atom. The Balaban J connectivity index is 2.19. The minimum Gasteiger partial charge on any atom is -0.379 e. The Morgan fingerprint density at radius 1 is 1.25 bits per heavy atom. The number of carbonyl (C=O) groups excluding carboxylic acids is 1. The molecule has 0 aliphatic rings. The lowest BCUT2D eigenvalue weighted by molar-refractivity contribution is 0.100. The van der Waals surface area contributed by atoms with Crippen LogP contribution in [0.5, 0.6) is 0 Å². The molecule has 20 heavy (non-hydrogen) atoms. The Labute approximate surface area is 117 Å². The van der Waals surface area contributed by atoms with E-state index >= 15 is 0 Å². The lowest BCUT2D eigenvalue weighted by Crippen LogP contribution is -2.12. The number of amides is 1. The van der Waals surface area contributed by atoms with Gasteiger partial charge in [0, 0.05) is 17.3 Å². The highest BCUT2D eigenvalue weighted by molar-refractivity contribution is 5.93. The second-order valence-electron chi connectivity index (χ2n) is 4.55. The van der Waals surface area contributed by atoms with Gasteiger partial charge in [0.15, 0.2) is 0 Å². The van der Waals surface area contributed by atoms with Crippen LogP contribution in [0.3, 0.4) is 0 Å². The summed E-state index contributed by atoms with van der Waals surface area (Å²) >= 11 is 0. The van der Waals surface area contributed by atoms with E-state index in [1.54, 1.807) is 24.3 Å². The fraction of sp³-hybridized carbons (Fsp3) is 0.125. The zero-order valence-electron chi connectivity index (χ0n) is 11.1. The minimum atomic E-state index is -0.451. The average molecular weight is 265 g/mol. The quantitative estimate of drug-likeness (QED) is 0.892. The molecule has 2 aromatic carbocycles. The van der Waals surface area contributed by atoms with Crippen molar-refractivity contribution in [2.75, 3.05) is 5.32 Å². The number of benzene rings is 2. The number of hydrogen-bond donors (Lipinski definition) is 2. The molecule has 3 N–H and O–H groups in total. The van der Waals surface area contributed by atoms with Gasteiger partial charge in [0.2, 0.25) is 5.91 Å². The molecular formula is C16H15N3O. The van der Waals surface area contributed by atoms with Crippen molar-refractivity contribution in [3.63, 3.8) is 0 Å². The van der Waals surface area contributed by atoms with Crippen LogP contribution in [0.4, 0.5) is 5.69 Å². The fourth-order valence-electron chi connectivity index (χ4n) is 1.97. The normalized spacial score (nSPS) is 11.4. The zero-order valence-corrected chi connectivity index (χ0v) is 11.1. The third-order valence-electron chi connectivity index (χ3n) is 3.05. The zero-order chi connectivity index (χ0) is 14.5. The van der Waals surface area contributed by atoms with Crippen LogP contribution in [0.2, 0.25) is 0 Å². The van der Waals surface area contributed by atoms with E-state index in [0.717, 1.165) is 11.3 Å². The van der Waals surface area contributed by atoms with Gasteiger partial charge in [-0.05, 0) is 42.8 Å². The summed E-state index contributed by atoms with van der Waals surface area (Å²) in [6.45, 7) is 1.99. The van der Waals surface area contributed by atoms with Crippen LogP contribution in [0, 0.1) is 11.3 Å². The van der Waals surface area contributed by atoms with Gasteiger partial charge in [-0.25, -0.2) is 0 Å². The number of nitrogens with two attached hydrogens (primary N) is 1. The molecule has 2 aromatic rings. The van der Waals surface area contributed by atoms with E-state index in [1.165, 1.54) is 0 Å². The van der Waals surface area contributed by atoms with Gasteiger partial charge in [-0.2, -0.15) is 5.26 Å². The molecule has 4 nitrogen and oxygen atoms in total. The maximum absolute atomic E-state index is 11.2. The standard InChI is InChI=1S/C16H15N3O/c1-11(13-5-2-4-12(8-13)10-17)19-15-7-3-6-14(9-15)16(18)20/h2-9,11,19H,1H3,(H2,18,20). The van der Waals surface area contributed by atoms with Crippen LogP contribution < -0.4 is 11.1 Å². The maximum atomic E-state index is 11.2. The lowest BCUT2D eigenvalue weighted by Gasteiger charge is -2.16. The molecule has 0 fully saturated rings. The van der Waals surface area contributed by atoms with E-state index in [2.05, 4.69) is 11.4 Å². The average Bonchev–Trinajstić information content (AvgIpc) is 2.47. The third-order valence-corrected chi connectivity index (χ3v) is 3.05. The van der Waals surface area contributed by atoms with Gasteiger partial charge in [-0.15, -0.1) is 0 Å². The molecule has 2 rings (SSSR count). The van der Waals surface area contributed by atoms with Crippen molar-refractivity contribution >= 4 is 11.6 Å². The second-order valence-corrected chi connectivity index (χ2v) is 4.55. The SMILES string of the molecule is CC(Nc1cccc(C(N)=O)c1)c1cccc(C#N)c1. The van der Waals surface area contributed by atoms with Gasteiger partial charge >= 0.3 is 0 Å². The molecule has 1 unspecified atom stereocenters. The highest BCUT2D eigenvalue weighted by atomic mass is 16.1. The van der Waals surface area contributed by atoms with Crippen LogP contribution >= 0.6 is 0 Å². The van der Waals surface area contributed by atoms with Crippen molar-refractivity contribution in [2.24, 2.45) is 5.73 Å². The van der Waals surface area contributed by atoms with E-state index in [0.29, 0.717) is 11.1 Å². The lowest BCUT2D eigenvalue weighted by atomic mass is 10.1. The van der Waals surface area contributed by atoms with Gasteiger partial charge < -0.3 is 11.1 Å². The van der Waals surface area contributed by atoms with E-state index in [4.69, 9.17) is 11.0 Å². The van der Waals surface area contributed by atoms with Crippen LogP contribution in [-0.4, -0.2) is 5.91 Å². The van der Waals surface area contributed by atoms with E-state index < -0.39 is 5.91 Å². The molecule has 0 heterocycles. The first-order valence-corrected chi connectivity index (χ1v) is 6.26. The summed E-state index contributed by atoms with van der Waals surface area (Å²) in [7, 11) is 0. The van der Waals surface area contributed by atoms with E-state index in [-0.39, 0.29) is 6.04 Å². The van der Waals surface area contributed by atoms with Crippen molar-refractivity contribution in [3.05, 3.63) is 65.2 Å². The topological polar surface area (TPSA) is 78.9 Å². The molecule has 0 spiro atoms. The Hall–Kier alpha value is -2.80. The number of nitriles is 1. The van der Waals surface area contributed by atoms with Gasteiger partial charge in [0.25, 0.3) is 0 Å². The number of anilines is 1. The maximum Gasteiger partial charge on any atom is 0.248 e. The molecule has 4 heteroatoms. The van der Waals surface area contributed by atoms with Gasteiger partial charge in [0.1, 0.15) is 0 Å². The minimum absolute atomic E-state index is 0.0198. The molecule has 1 atom stereocenters. The molecule has 0 saturated heterocycles. The molecule has 100 valence electrons. The summed E-state index contributed by atoms with van der Waals surface area (Å²) in [5.41, 5.74) is 8.18. The molecule has 1 amide bonds. The van der Waals surface area contributed by atoms with Crippen molar-refractivity contribution < 1.29 is 4.79 Å². The van der Waals surface area contributed by atoms with Crippen LogP contribution in [0.15, 0.2) is 48.5 Å². The summed E-state index contributed by atoms with van der Waals surface area (Å²) in [5.74, 6) is -0.451. The van der Waals surface area contributed by atoms with Crippen LogP contribution in [0.25, 0.3) is 0 Å². The van der Waals surface area contributed by atoms with Gasteiger partial charge in [0.05, 0.1) is 11.6 Å². The van der Waals surface area contributed by atoms with Gasteiger partial charge in [-0.1, -0.05) is 18.2 Å². The molecule has 0 aromatic heterocycles. The van der Waals surface area contributed by atoms with E-state index in [1.807, 2.05) is 31.2 Å². The van der Waals surface area contributed by atoms with Crippen LogP contribution in [-0.2, 0) is 0 Å². The van der Waals surface area contributed by atoms with Crippen molar-refractivity contribution in [3.8, 4) is 6.07 Å². The largest absolute Gasteiger partial charge is 0.379 e. The summed E-state index contributed by atoms with van der Waals surface area (Å²) in [5, 5.41) is 12.2. The summed E-state index contributed by atoms with van der Waals surface area (Å²) < 4.78 is 0. The molecule has 0 bridgehead atoms. The predicted octanol–water partition coefficient (Wildman–Crippen LogP) is 2.83. The monoisotopic (exact) mass is 265 g/mol. The Bertz CT molecular complexity index is 673. The van der Waals surface area contributed by atoms with Crippen molar-refractivity contribution in [1.82, 2.24) is 0 Å². The highest BCUT2D eigenvalue weighted by Crippen LogP contribution is 2.20. The Kier molecular flexibility index (Phi) is 4.02. The van der Waals surface area contributed by atoms with E-state index in [9.17, 15) is 4.79 Å². The van der Waals surface area contributed by atoms with Crippen molar-refractivity contribution in [2.45, 2.75) is 13.0 Å². The third kappa shape index (κ3) is 3.15. The number of carbonyl (C=O) groups is 1. The second kappa shape index (κ2) is 5.89. The summed E-state index contributed by atoms with van der Waals surface area (Å²) in [6.07, 6.45) is 0. The molecule has 0 saturated carbocycles. The first-order valence-electron chi connectivity index (χ1n) is 6.26. The first kappa shape index (κ1) is 13.6. The number of nitrogens with zero attached hydrogens (tertiary/aromatic N) is 1. The summed E-state index contributed by atoms with van der Waals surface area (Å²) in [4.78, 5) is 11.2. The fourth-order valence-corrected chi connectivity index (χ4v) is 1.97. The molecule has 0 aliphatic heterocycles. The summed E-state index contributed by atoms with van der Waals surface area (Å²) in [6, 6.07) is 16.6. The number of hydrogen-bond acceptors (Lipinski definition) is 3. The molecule has 0 radical (unpaired) electrons. The number of nitrogens with one attached hydrogen (secondary N) is 1.